The van der Waals surface area contributed by atoms with Gasteiger partial charge >= 0.3 is 0 Å². The van der Waals surface area contributed by atoms with Crippen LogP contribution in [0.15, 0.2) is 17.5 Å². The van der Waals surface area contributed by atoms with Gasteiger partial charge in [-0.3, -0.25) is 14.4 Å². The zero-order valence-electron chi connectivity index (χ0n) is 13.5. The Hall–Kier alpha value is -1.89. The predicted molar refractivity (Wildman–Crippen MR) is 84.7 cm³/mol. The van der Waals surface area contributed by atoms with E-state index in [1.807, 2.05) is 24.1 Å². The number of hydrogen-bond acceptors (Lipinski definition) is 5. The molecule has 1 unspecified atom stereocenters. The summed E-state index contributed by atoms with van der Waals surface area (Å²) in [6.45, 7) is 3.41. The van der Waals surface area contributed by atoms with E-state index in [1.165, 1.54) is 18.4 Å². The molecule has 1 atom stereocenters. The number of nitrogens with zero attached hydrogens (tertiary/aromatic N) is 4. The lowest BCUT2D eigenvalue weighted by Crippen LogP contribution is -2.37. The van der Waals surface area contributed by atoms with Crippen LogP contribution in [0.4, 0.5) is 0 Å². The summed E-state index contributed by atoms with van der Waals surface area (Å²) in [5, 5.41) is 11.3. The molecule has 0 aromatic carbocycles. The van der Waals surface area contributed by atoms with E-state index in [9.17, 15) is 4.79 Å². The topological polar surface area (TPSA) is 71.8 Å². The summed E-state index contributed by atoms with van der Waals surface area (Å²) in [6, 6.07) is 0. The first-order valence-corrected chi connectivity index (χ1v) is 8.35. The molecule has 1 N–H and O–H groups in total. The van der Waals surface area contributed by atoms with Crippen LogP contribution in [0.5, 0.6) is 0 Å². The highest BCUT2D eigenvalue weighted by Crippen LogP contribution is 2.34. The van der Waals surface area contributed by atoms with Crippen molar-refractivity contribution < 1.29 is 9.63 Å². The molecular weight excluding hydrogens is 294 g/mol. The van der Waals surface area contributed by atoms with Gasteiger partial charge in [-0.15, -0.1) is 0 Å². The highest BCUT2D eigenvalue weighted by molar-refractivity contribution is 6.39. The van der Waals surface area contributed by atoms with E-state index in [4.69, 9.17) is 4.84 Å². The molecule has 1 spiro atoms. The maximum atomic E-state index is 12.1. The summed E-state index contributed by atoms with van der Waals surface area (Å²) in [5.74, 6) is 0.622. The molecule has 23 heavy (non-hydrogen) atoms. The minimum absolute atomic E-state index is 0.0560. The summed E-state index contributed by atoms with van der Waals surface area (Å²) < 4.78 is 1.82. The van der Waals surface area contributed by atoms with E-state index in [0.717, 1.165) is 32.6 Å². The van der Waals surface area contributed by atoms with Gasteiger partial charge in [-0.2, -0.15) is 5.10 Å². The van der Waals surface area contributed by atoms with Crippen LogP contribution in [-0.2, 0) is 23.2 Å². The Bertz CT molecular complexity index is 636. The molecule has 3 heterocycles. The minimum Gasteiger partial charge on any atom is -0.387 e. The van der Waals surface area contributed by atoms with Gasteiger partial charge in [-0.25, -0.2) is 0 Å². The summed E-state index contributed by atoms with van der Waals surface area (Å²) in [6.07, 6.45) is 7.93. The maximum Gasteiger partial charge on any atom is 0.269 e. The van der Waals surface area contributed by atoms with Crippen molar-refractivity contribution in [2.75, 3.05) is 19.6 Å². The monoisotopic (exact) mass is 317 g/mol. The number of carbonyl (C=O) groups is 1. The van der Waals surface area contributed by atoms with Crippen molar-refractivity contribution in [3.8, 4) is 0 Å². The third-order valence-corrected chi connectivity index (χ3v) is 4.91. The zero-order valence-corrected chi connectivity index (χ0v) is 13.5. The van der Waals surface area contributed by atoms with Gasteiger partial charge in [0.2, 0.25) is 0 Å². The van der Waals surface area contributed by atoms with Gasteiger partial charge in [0.05, 0.1) is 6.20 Å². The molecule has 0 bridgehead atoms. The van der Waals surface area contributed by atoms with Crippen molar-refractivity contribution in [2.24, 2.45) is 18.1 Å². The molecule has 1 saturated carbocycles. The fraction of sp³-hybridized carbons (Fsp3) is 0.688. The maximum absolute atomic E-state index is 12.1. The van der Waals surface area contributed by atoms with Crippen LogP contribution in [0, 0.1) is 5.92 Å². The van der Waals surface area contributed by atoms with E-state index >= 15 is 0 Å². The lowest BCUT2D eigenvalue weighted by Gasteiger charge is -2.21. The Morgan fingerprint density at radius 3 is 3.13 bits per heavy atom. The summed E-state index contributed by atoms with van der Waals surface area (Å²) >= 11 is 0. The lowest BCUT2D eigenvalue weighted by atomic mass is 9.96. The molecule has 1 amide bonds. The van der Waals surface area contributed by atoms with Crippen LogP contribution in [-0.4, -0.2) is 51.5 Å². The van der Waals surface area contributed by atoms with Gasteiger partial charge in [-0.1, -0.05) is 5.16 Å². The highest BCUT2D eigenvalue weighted by atomic mass is 16.7. The Labute approximate surface area is 135 Å². The van der Waals surface area contributed by atoms with E-state index in [1.54, 1.807) is 0 Å². The standard InChI is InChI=1S/C16H23N5O2/c1-20-9-13(8-18-20)10-21-5-4-16(11-21)6-14(19-23-16)15(22)17-7-12-2-3-12/h8-9,12H,2-7,10-11H2,1H3,(H,17,22). The highest BCUT2D eigenvalue weighted by Gasteiger charge is 2.46. The molecule has 124 valence electrons. The number of likely N-dealkylation sites (tertiary alicyclic amines) is 1. The summed E-state index contributed by atoms with van der Waals surface area (Å²) in [7, 11) is 1.93. The first-order valence-electron chi connectivity index (χ1n) is 8.35. The van der Waals surface area contributed by atoms with Gasteiger partial charge < -0.3 is 10.2 Å². The first kappa shape index (κ1) is 14.7. The zero-order chi connectivity index (χ0) is 15.9. The molecule has 2 aliphatic heterocycles. The third-order valence-electron chi connectivity index (χ3n) is 4.91. The summed E-state index contributed by atoms with van der Waals surface area (Å²) in [5.41, 5.74) is 1.44. The lowest BCUT2D eigenvalue weighted by molar-refractivity contribution is -0.115. The second-order valence-corrected chi connectivity index (χ2v) is 7.13. The van der Waals surface area contributed by atoms with E-state index in [2.05, 4.69) is 20.5 Å². The van der Waals surface area contributed by atoms with Crippen molar-refractivity contribution in [2.45, 2.75) is 37.8 Å². The molecular formula is C16H23N5O2. The Morgan fingerprint density at radius 1 is 1.52 bits per heavy atom. The number of nitrogens with one attached hydrogen (secondary N) is 1. The number of amides is 1. The molecule has 7 nitrogen and oxygen atoms in total. The second kappa shape index (κ2) is 5.63. The van der Waals surface area contributed by atoms with Gasteiger partial charge in [0.1, 0.15) is 5.71 Å². The van der Waals surface area contributed by atoms with Crippen molar-refractivity contribution >= 4 is 11.6 Å². The van der Waals surface area contributed by atoms with Crippen LogP contribution in [0.1, 0.15) is 31.2 Å². The molecule has 1 aromatic heterocycles. The third kappa shape index (κ3) is 3.24. The second-order valence-electron chi connectivity index (χ2n) is 7.13. The quantitative estimate of drug-likeness (QED) is 0.866. The molecule has 7 heteroatoms. The van der Waals surface area contributed by atoms with Gasteiger partial charge in [0, 0.05) is 57.8 Å². The normalized spacial score (nSPS) is 27.3. The Morgan fingerprint density at radius 2 is 2.39 bits per heavy atom. The number of oxime groups is 1. The van der Waals surface area contributed by atoms with Crippen molar-refractivity contribution in [3.05, 3.63) is 18.0 Å². The molecule has 4 rings (SSSR count). The van der Waals surface area contributed by atoms with E-state index in [0.29, 0.717) is 18.1 Å². The van der Waals surface area contributed by atoms with Gasteiger partial charge in [-0.05, 0) is 18.8 Å². The Kier molecular flexibility index (Phi) is 3.60. The number of hydrogen-bond donors (Lipinski definition) is 1. The summed E-state index contributed by atoms with van der Waals surface area (Å²) in [4.78, 5) is 20.2. The molecule has 1 saturated heterocycles. The smallest absolute Gasteiger partial charge is 0.269 e. The largest absolute Gasteiger partial charge is 0.387 e. The van der Waals surface area contributed by atoms with Crippen LogP contribution < -0.4 is 5.32 Å². The fourth-order valence-corrected chi connectivity index (χ4v) is 3.40. The number of rotatable bonds is 5. The van der Waals surface area contributed by atoms with Gasteiger partial charge in [0.15, 0.2) is 5.60 Å². The van der Waals surface area contributed by atoms with E-state index in [-0.39, 0.29) is 11.5 Å². The average molecular weight is 317 g/mol. The van der Waals surface area contributed by atoms with Crippen LogP contribution in [0.3, 0.4) is 0 Å². The van der Waals surface area contributed by atoms with Crippen molar-refractivity contribution in [1.82, 2.24) is 20.0 Å². The molecule has 2 fully saturated rings. The molecule has 0 radical (unpaired) electrons. The molecule has 3 aliphatic rings. The van der Waals surface area contributed by atoms with Crippen LogP contribution >= 0.6 is 0 Å². The van der Waals surface area contributed by atoms with Crippen molar-refractivity contribution in [1.29, 1.82) is 0 Å². The number of carbonyl (C=O) groups excluding carboxylic acids is 1. The average Bonchev–Trinajstić information content (AvgIpc) is 2.93. The molecule has 1 aromatic rings. The predicted octanol–water partition coefficient (Wildman–Crippen LogP) is 0.667. The fourth-order valence-electron chi connectivity index (χ4n) is 3.40. The van der Waals surface area contributed by atoms with Crippen LogP contribution in [0.2, 0.25) is 0 Å². The van der Waals surface area contributed by atoms with Gasteiger partial charge in [0.25, 0.3) is 5.91 Å². The van der Waals surface area contributed by atoms with Crippen molar-refractivity contribution in [3.63, 3.8) is 0 Å². The SMILES string of the molecule is Cn1cc(CN2CCC3(CC(C(=O)NCC4CC4)=NO3)C2)cn1. The van der Waals surface area contributed by atoms with Crippen LogP contribution in [0.25, 0.3) is 0 Å². The first-order chi connectivity index (χ1) is 11.1. The minimum atomic E-state index is -0.311. The van der Waals surface area contributed by atoms with E-state index < -0.39 is 0 Å². The number of aryl methyl sites for hydroxylation is 1. The number of aromatic nitrogens is 2. The Balaban J connectivity index is 1.30. The molecule has 1 aliphatic carbocycles.